The number of carbonyl (C=O) groups excluding carboxylic acids is 1. The van der Waals surface area contributed by atoms with Crippen LogP contribution in [0.15, 0.2) is 60.9 Å². The Balaban J connectivity index is 1.43. The first-order valence-corrected chi connectivity index (χ1v) is 9.25. The van der Waals surface area contributed by atoms with Crippen molar-refractivity contribution in [2.75, 3.05) is 6.79 Å². The maximum absolute atomic E-state index is 12.7. The number of ether oxygens (including phenoxy) is 2. The third-order valence-corrected chi connectivity index (χ3v) is 4.89. The summed E-state index contributed by atoms with van der Waals surface area (Å²) in [5.41, 5.74) is 4.86. The van der Waals surface area contributed by atoms with Gasteiger partial charge in [0, 0.05) is 18.3 Å². The van der Waals surface area contributed by atoms with E-state index < -0.39 is 0 Å². The number of amides is 1. The third kappa shape index (κ3) is 3.16. The molecule has 7 nitrogen and oxygen atoms in total. The van der Waals surface area contributed by atoms with E-state index >= 15 is 0 Å². The van der Waals surface area contributed by atoms with Crippen LogP contribution in [0, 0.1) is 6.92 Å². The normalized spacial score (nSPS) is 12.3. The van der Waals surface area contributed by atoms with Crippen molar-refractivity contribution < 1.29 is 14.3 Å². The highest BCUT2D eigenvalue weighted by Crippen LogP contribution is 2.35. The number of hydrogen-bond acceptors (Lipinski definition) is 5. The molecule has 1 N–H and O–H groups in total. The van der Waals surface area contributed by atoms with Crippen LogP contribution in [0.1, 0.15) is 21.5 Å². The van der Waals surface area contributed by atoms with Crippen LogP contribution in [-0.4, -0.2) is 27.3 Å². The second-order valence-electron chi connectivity index (χ2n) is 6.86. The van der Waals surface area contributed by atoms with Gasteiger partial charge >= 0.3 is 0 Å². The first-order chi connectivity index (χ1) is 14.2. The van der Waals surface area contributed by atoms with E-state index in [1.807, 2.05) is 55.5 Å². The van der Waals surface area contributed by atoms with E-state index in [9.17, 15) is 4.79 Å². The molecule has 5 rings (SSSR count). The number of benzene rings is 2. The van der Waals surface area contributed by atoms with Crippen LogP contribution in [0.5, 0.6) is 11.5 Å². The van der Waals surface area contributed by atoms with Gasteiger partial charge in [0.05, 0.1) is 11.9 Å². The molecule has 0 saturated carbocycles. The first-order valence-electron chi connectivity index (χ1n) is 9.25. The summed E-state index contributed by atoms with van der Waals surface area (Å²) in [5, 5.41) is 7.33. The van der Waals surface area contributed by atoms with Gasteiger partial charge < -0.3 is 14.8 Å². The molecule has 0 fully saturated rings. The van der Waals surface area contributed by atoms with E-state index in [1.165, 1.54) is 5.56 Å². The van der Waals surface area contributed by atoms with Crippen LogP contribution in [0.3, 0.4) is 0 Å². The van der Waals surface area contributed by atoms with Crippen LogP contribution in [-0.2, 0) is 6.54 Å². The zero-order valence-electron chi connectivity index (χ0n) is 15.8. The second kappa shape index (κ2) is 6.94. The van der Waals surface area contributed by atoms with Crippen molar-refractivity contribution >= 4 is 11.6 Å². The molecule has 0 saturated heterocycles. The molecule has 1 aliphatic heterocycles. The van der Waals surface area contributed by atoms with E-state index in [0.29, 0.717) is 23.5 Å². The second-order valence-corrected chi connectivity index (χ2v) is 6.86. The number of carbonyl (C=O) groups is 1. The van der Waals surface area contributed by atoms with Gasteiger partial charge in [-0.1, -0.05) is 29.8 Å². The minimum Gasteiger partial charge on any atom is -0.454 e. The first kappa shape index (κ1) is 17.2. The monoisotopic (exact) mass is 386 g/mol. The Bertz CT molecular complexity index is 1210. The minimum absolute atomic E-state index is 0.212. The number of aryl methyl sites for hydroxylation is 1. The molecular formula is C22H18N4O3. The van der Waals surface area contributed by atoms with Crippen molar-refractivity contribution in [3.8, 4) is 22.8 Å². The molecular weight excluding hydrogens is 368 g/mol. The molecule has 7 heteroatoms. The summed E-state index contributed by atoms with van der Waals surface area (Å²) >= 11 is 0. The summed E-state index contributed by atoms with van der Waals surface area (Å²) in [6.45, 7) is 2.70. The number of fused-ring (bicyclic) bond motifs is 2. The van der Waals surface area contributed by atoms with E-state index in [2.05, 4.69) is 15.4 Å². The molecule has 3 heterocycles. The van der Waals surface area contributed by atoms with Gasteiger partial charge in [-0.05, 0) is 36.8 Å². The lowest BCUT2D eigenvalue weighted by Gasteiger charge is -2.07. The van der Waals surface area contributed by atoms with Crippen molar-refractivity contribution in [3.63, 3.8) is 0 Å². The fourth-order valence-electron chi connectivity index (χ4n) is 3.31. The van der Waals surface area contributed by atoms with Gasteiger partial charge in [-0.2, -0.15) is 5.10 Å². The van der Waals surface area contributed by atoms with Crippen LogP contribution in [0.25, 0.3) is 16.9 Å². The fourth-order valence-corrected chi connectivity index (χ4v) is 3.31. The number of rotatable bonds is 4. The molecule has 29 heavy (non-hydrogen) atoms. The predicted molar refractivity (Wildman–Crippen MR) is 107 cm³/mol. The standard InChI is InChI=1S/C22H18N4O3/c1-14-2-4-15(5-3-14)11-24-22(27)17-12-25-26-18(8-9-23-21(17)26)16-6-7-19-20(10-16)29-13-28-19/h2-10,12H,11,13H2,1H3,(H,24,27). The molecule has 0 spiro atoms. The molecule has 0 aliphatic carbocycles. The Kier molecular flexibility index (Phi) is 4.13. The minimum atomic E-state index is -0.212. The average molecular weight is 386 g/mol. The van der Waals surface area contributed by atoms with E-state index in [4.69, 9.17) is 9.47 Å². The summed E-state index contributed by atoms with van der Waals surface area (Å²) in [6, 6.07) is 15.6. The van der Waals surface area contributed by atoms with Crippen LogP contribution >= 0.6 is 0 Å². The zero-order chi connectivity index (χ0) is 19.8. The van der Waals surface area contributed by atoms with Crippen molar-refractivity contribution in [1.82, 2.24) is 19.9 Å². The van der Waals surface area contributed by atoms with Gasteiger partial charge in [0.2, 0.25) is 6.79 Å². The highest BCUT2D eigenvalue weighted by Gasteiger charge is 2.18. The number of aromatic nitrogens is 3. The van der Waals surface area contributed by atoms with Crippen LogP contribution in [0.4, 0.5) is 0 Å². The smallest absolute Gasteiger partial charge is 0.257 e. The lowest BCUT2D eigenvalue weighted by molar-refractivity contribution is 0.0952. The summed E-state index contributed by atoms with van der Waals surface area (Å²) < 4.78 is 12.5. The highest BCUT2D eigenvalue weighted by molar-refractivity contribution is 5.99. The zero-order valence-corrected chi connectivity index (χ0v) is 15.8. The van der Waals surface area contributed by atoms with E-state index in [-0.39, 0.29) is 12.7 Å². The third-order valence-electron chi connectivity index (χ3n) is 4.89. The van der Waals surface area contributed by atoms with Gasteiger partial charge in [-0.25, -0.2) is 9.50 Å². The Morgan fingerprint density at radius 3 is 2.79 bits per heavy atom. The van der Waals surface area contributed by atoms with E-state index in [0.717, 1.165) is 22.6 Å². The summed E-state index contributed by atoms with van der Waals surface area (Å²) in [7, 11) is 0. The van der Waals surface area contributed by atoms with E-state index in [1.54, 1.807) is 16.9 Å². The van der Waals surface area contributed by atoms with Crippen molar-refractivity contribution in [3.05, 3.63) is 77.6 Å². The maximum Gasteiger partial charge on any atom is 0.257 e. The predicted octanol–water partition coefficient (Wildman–Crippen LogP) is 3.36. The van der Waals surface area contributed by atoms with Gasteiger partial charge in [-0.3, -0.25) is 4.79 Å². The summed E-state index contributed by atoms with van der Waals surface area (Å²) in [5.74, 6) is 1.20. The number of hydrogen-bond donors (Lipinski definition) is 1. The average Bonchev–Trinajstić information content (AvgIpc) is 3.39. The van der Waals surface area contributed by atoms with Gasteiger partial charge in [0.1, 0.15) is 5.56 Å². The molecule has 0 radical (unpaired) electrons. The van der Waals surface area contributed by atoms with Crippen molar-refractivity contribution in [1.29, 1.82) is 0 Å². The van der Waals surface area contributed by atoms with Gasteiger partial charge in [0.15, 0.2) is 17.1 Å². The fraction of sp³-hybridized carbons (Fsp3) is 0.136. The Labute approximate surface area is 166 Å². The lowest BCUT2D eigenvalue weighted by atomic mass is 10.1. The van der Waals surface area contributed by atoms with Gasteiger partial charge in [-0.15, -0.1) is 0 Å². The Morgan fingerprint density at radius 1 is 1.10 bits per heavy atom. The van der Waals surface area contributed by atoms with Crippen molar-refractivity contribution in [2.45, 2.75) is 13.5 Å². The lowest BCUT2D eigenvalue weighted by Crippen LogP contribution is -2.22. The Hall–Kier alpha value is -3.87. The quantitative estimate of drug-likeness (QED) is 0.582. The Morgan fingerprint density at radius 2 is 1.93 bits per heavy atom. The topological polar surface area (TPSA) is 77.8 Å². The highest BCUT2D eigenvalue weighted by atomic mass is 16.7. The SMILES string of the molecule is Cc1ccc(CNC(=O)c2cnn3c(-c4ccc5c(c4)OCO5)ccnc23)cc1. The molecule has 4 aromatic rings. The molecule has 1 aliphatic rings. The van der Waals surface area contributed by atoms with Crippen molar-refractivity contribution in [2.24, 2.45) is 0 Å². The van der Waals surface area contributed by atoms with Crippen LogP contribution in [0.2, 0.25) is 0 Å². The molecule has 0 unspecified atom stereocenters. The molecule has 1 amide bonds. The molecule has 0 atom stereocenters. The number of nitrogens with one attached hydrogen (secondary N) is 1. The maximum atomic E-state index is 12.7. The molecule has 144 valence electrons. The molecule has 2 aromatic heterocycles. The molecule has 2 aromatic carbocycles. The number of nitrogens with zero attached hydrogens (tertiary/aromatic N) is 3. The largest absolute Gasteiger partial charge is 0.454 e. The van der Waals surface area contributed by atoms with Gasteiger partial charge in [0.25, 0.3) is 5.91 Å². The molecule has 0 bridgehead atoms. The summed E-state index contributed by atoms with van der Waals surface area (Å²) in [4.78, 5) is 17.1. The van der Waals surface area contributed by atoms with Crippen LogP contribution < -0.4 is 14.8 Å². The summed E-state index contributed by atoms with van der Waals surface area (Å²) in [6.07, 6.45) is 3.22.